The van der Waals surface area contributed by atoms with Crippen molar-refractivity contribution < 1.29 is 32.3 Å². The molecular formula is C30H27F4N7O3. The van der Waals surface area contributed by atoms with Crippen molar-refractivity contribution in [1.82, 2.24) is 14.8 Å². The summed E-state index contributed by atoms with van der Waals surface area (Å²) in [7, 11) is 0. The molecule has 14 heteroatoms. The highest BCUT2D eigenvalue weighted by molar-refractivity contribution is 6.04. The molecule has 5 N–H and O–H groups in total. The van der Waals surface area contributed by atoms with Gasteiger partial charge in [-0.15, -0.1) is 0 Å². The standard InChI is InChI=1S/C30H27F4N7O3/c31-23-9-8-19(29(36,11-10-18-6-7-18)20-3-2-12-37-16-20)13-24(23)38-27(42)25-15-26(30(32,33)34)39-41(25)22-5-1-4-21(14-22)40(17-35)28(43)44/h1-5,8-9,12-18,35H,6-7,10-11,36H2,(H,38,42)(H,43,44). The summed E-state index contributed by atoms with van der Waals surface area (Å²) in [5.74, 6) is -1.42. The third-order valence-electron chi connectivity index (χ3n) is 7.47. The predicted octanol–water partition coefficient (Wildman–Crippen LogP) is 6.16. The van der Waals surface area contributed by atoms with Gasteiger partial charge in [-0.05, 0) is 66.3 Å². The average molecular weight is 610 g/mol. The zero-order chi connectivity index (χ0) is 31.6. The Morgan fingerprint density at radius 3 is 2.52 bits per heavy atom. The van der Waals surface area contributed by atoms with Gasteiger partial charge in [0.15, 0.2) is 5.69 Å². The van der Waals surface area contributed by atoms with Gasteiger partial charge in [0, 0.05) is 18.5 Å². The van der Waals surface area contributed by atoms with Gasteiger partial charge in [-0.2, -0.15) is 18.3 Å². The third kappa shape index (κ3) is 6.29. The van der Waals surface area contributed by atoms with Gasteiger partial charge in [0.1, 0.15) is 11.5 Å². The number of halogens is 4. The number of amides is 2. The number of rotatable bonds is 10. The summed E-state index contributed by atoms with van der Waals surface area (Å²) in [5.41, 5.74) is 4.49. The maximum Gasteiger partial charge on any atom is 0.435 e. The number of anilines is 2. The molecule has 1 fully saturated rings. The zero-order valence-corrected chi connectivity index (χ0v) is 23.1. The topological polar surface area (TPSA) is 150 Å². The van der Waals surface area contributed by atoms with Crippen LogP contribution in [0.4, 0.5) is 33.7 Å². The van der Waals surface area contributed by atoms with E-state index in [1.807, 2.05) is 0 Å². The Morgan fingerprint density at radius 1 is 1.11 bits per heavy atom. The molecule has 1 aliphatic rings. The van der Waals surface area contributed by atoms with E-state index in [4.69, 9.17) is 11.1 Å². The van der Waals surface area contributed by atoms with E-state index in [1.165, 1.54) is 30.3 Å². The SMILES string of the molecule is N=CN(C(=O)O)c1cccc(-n2nc(C(F)(F)F)cc2C(=O)Nc2cc(C(N)(CCC3CC3)c3cccnc3)ccc2F)c1. The van der Waals surface area contributed by atoms with Crippen molar-refractivity contribution in [3.63, 3.8) is 0 Å². The number of nitrogens with one attached hydrogen (secondary N) is 2. The van der Waals surface area contributed by atoms with Crippen LogP contribution in [0, 0.1) is 17.1 Å². The summed E-state index contributed by atoms with van der Waals surface area (Å²) in [6.07, 6.45) is 0.798. The van der Waals surface area contributed by atoms with Gasteiger partial charge in [0.25, 0.3) is 5.91 Å². The van der Waals surface area contributed by atoms with E-state index in [1.54, 1.807) is 24.5 Å². The highest BCUT2D eigenvalue weighted by Gasteiger charge is 2.37. The molecule has 2 heterocycles. The van der Waals surface area contributed by atoms with Crippen LogP contribution in [0.1, 0.15) is 53.0 Å². The Hall–Kier alpha value is -5.11. The molecule has 1 saturated carbocycles. The van der Waals surface area contributed by atoms with Crippen LogP contribution in [0.2, 0.25) is 0 Å². The molecule has 44 heavy (non-hydrogen) atoms. The number of nitrogens with two attached hydrogens (primary N) is 1. The molecule has 228 valence electrons. The molecule has 0 saturated heterocycles. The van der Waals surface area contributed by atoms with E-state index in [0.29, 0.717) is 45.5 Å². The minimum absolute atomic E-state index is 0.0833. The van der Waals surface area contributed by atoms with Crippen LogP contribution in [0.3, 0.4) is 0 Å². The number of carbonyl (C=O) groups excluding carboxylic acids is 1. The maximum absolute atomic E-state index is 15.1. The lowest BCUT2D eigenvalue weighted by Crippen LogP contribution is -2.38. The van der Waals surface area contributed by atoms with Crippen LogP contribution >= 0.6 is 0 Å². The van der Waals surface area contributed by atoms with Crippen LogP contribution < -0.4 is 16.0 Å². The first-order valence-corrected chi connectivity index (χ1v) is 13.5. The summed E-state index contributed by atoms with van der Waals surface area (Å²) >= 11 is 0. The van der Waals surface area contributed by atoms with Crippen molar-refractivity contribution in [3.8, 4) is 5.69 Å². The lowest BCUT2D eigenvalue weighted by Gasteiger charge is -2.31. The first-order chi connectivity index (χ1) is 20.9. The van der Waals surface area contributed by atoms with Gasteiger partial charge in [-0.25, -0.2) is 18.8 Å². The molecule has 4 aromatic rings. The summed E-state index contributed by atoms with van der Waals surface area (Å²) in [5, 5.41) is 22.6. The fourth-order valence-corrected chi connectivity index (χ4v) is 4.90. The van der Waals surface area contributed by atoms with E-state index in [9.17, 15) is 27.9 Å². The van der Waals surface area contributed by atoms with Gasteiger partial charge in [-0.3, -0.25) is 15.2 Å². The van der Waals surface area contributed by atoms with Gasteiger partial charge in [-0.1, -0.05) is 31.0 Å². The highest BCUT2D eigenvalue weighted by Crippen LogP contribution is 2.40. The largest absolute Gasteiger partial charge is 0.464 e. The van der Waals surface area contributed by atoms with Crippen LogP contribution in [-0.4, -0.2) is 38.2 Å². The van der Waals surface area contributed by atoms with Crippen LogP contribution in [0.25, 0.3) is 5.69 Å². The Bertz CT molecular complexity index is 1710. The zero-order valence-electron chi connectivity index (χ0n) is 23.1. The monoisotopic (exact) mass is 609 g/mol. The Balaban J connectivity index is 1.52. The lowest BCUT2D eigenvalue weighted by molar-refractivity contribution is -0.141. The molecule has 1 unspecified atom stereocenters. The number of carboxylic acid groups (broad SMARTS) is 1. The molecule has 5 rings (SSSR count). The van der Waals surface area contributed by atoms with Crippen LogP contribution in [-0.2, 0) is 11.7 Å². The molecule has 2 aromatic heterocycles. The fraction of sp³-hybridized carbons (Fsp3) is 0.233. The summed E-state index contributed by atoms with van der Waals surface area (Å²) < 4.78 is 56.8. The number of nitrogens with zero attached hydrogens (tertiary/aromatic N) is 4. The molecule has 0 spiro atoms. The smallest absolute Gasteiger partial charge is 0.435 e. The quantitative estimate of drug-likeness (QED) is 0.0961. The molecule has 0 bridgehead atoms. The predicted molar refractivity (Wildman–Crippen MR) is 153 cm³/mol. The van der Waals surface area contributed by atoms with Crippen molar-refractivity contribution in [3.05, 3.63) is 101 Å². The second kappa shape index (κ2) is 11.9. The highest BCUT2D eigenvalue weighted by atomic mass is 19.4. The summed E-state index contributed by atoms with van der Waals surface area (Å²) in [6.45, 7) is 0. The molecule has 2 amide bonds. The van der Waals surface area contributed by atoms with Gasteiger partial charge in [0.2, 0.25) is 0 Å². The first kappa shape index (κ1) is 30.4. The summed E-state index contributed by atoms with van der Waals surface area (Å²) in [4.78, 5) is 29.6. The normalized spacial score (nSPS) is 14.5. The van der Waals surface area contributed by atoms with Crippen molar-refractivity contribution in [2.45, 2.75) is 37.4 Å². The molecular weight excluding hydrogens is 582 g/mol. The third-order valence-corrected chi connectivity index (χ3v) is 7.47. The van der Waals surface area contributed by atoms with Crippen molar-refractivity contribution in [2.24, 2.45) is 11.7 Å². The number of pyridine rings is 1. The molecule has 0 radical (unpaired) electrons. The number of aromatic nitrogens is 3. The Labute approximate surface area is 248 Å². The number of benzene rings is 2. The van der Waals surface area contributed by atoms with Gasteiger partial charge in [0.05, 0.1) is 28.9 Å². The second-order valence-corrected chi connectivity index (χ2v) is 10.5. The molecule has 10 nitrogen and oxygen atoms in total. The minimum Gasteiger partial charge on any atom is -0.464 e. The average Bonchev–Trinajstić information content (AvgIpc) is 3.71. The van der Waals surface area contributed by atoms with Gasteiger partial charge >= 0.3 is 12.3 Å². The molecule has 2 aromatic carbocycles. The Morgan fingerprint density at radius 2 is 1.89 bits per heavy atom. The van der Waals surface area contributed by atoms with E-state index in [0.717, 1.165) is 31.4 Å². The molecule has 1 atom stereocenters. The van der Waals surface area contributed by atoms with Crippen molar-refractivity contribution in [1.29, 1.82) is 5.41 Å². The van der Waals surface area contributed by atoms with Crippen LogP contribution in [0.5, 0.6) is 0 Å². The summed E-state index contributed by atoms with van der Waals surface area (Å²) in [6, 6.07) is 13.1. The fourth-order valence-electron chi connectivity index (χ4n) is 4.90. The number of alkyl halides is 3. The van der Waals surface area contributed by atoms with Crippen LogP contribution in [0.15, 0.2) is 73.1 Å². The van der Waals surface area contributed by atoms with Gasteiger partial charge < -0.3 is 16.2 Å². The maximum atomic E-state index is 15.1. The van der Waals surface area contributed by atoms with E-state index >= 15 is 4.39 Å². The van der Waals surface area contributed by atoms with Crippen molar-refractivity contribution >= 4 is 29.7 Å². The van der Waals surface area contributed by atoms with E-state index in [2.05, 4.69) is 15.4 Å². The number of hydrogen-bond donors (Lipinski definition) is 4. The lowest BCUT2D eigenvalue weighted by atomic mass is 9.80. The number of hydrogen-bond acceptors (Lipinski definition) is 6. The van der Waals surface area contributed by atoms with E-state index < -0.39 is 40.9 Å². The number of carbonyl (C=O) groups is 2. The van der Waals surface area contributed by atoms with E-state index in [-0.39, 0.29) is 17.1 Å². The molecule has 0 aliphatic heterocycles. The van der Waals surface area contributed by atoms with Crippen molar-refractivity contribution in [2.75, 3.05) is 10.2 Å². The molecule has 1 aliphatic carbocycles. The first-order valence-electron chi connectivity index (χ1n) is 13.5. The second-order valence-electron chi connectivity index (χ2n) is 10.5. The minimum atomic E-state index is -4.93. The Kier molecular flexibility index (Phi) is 8.19.